The molecule has 0 bridgehead atoms. The van der Waals surface area contributed by atoms with Crippen LogP contribution in [0.25, 0.3) is 0 Å². The highest BCUT2D eigenvalue weighted by Crippen LogP contribution is 1.98. The average Bonchev–Trinajstić information content (AvgIpc) is 2.54. The number of hydrogen-bond donors (Lipinski definition) is 0. The zero-order valence-electron chi connectivity index (χ0n) is 14.3. The van der Waals surface area contributed by atoms with E-state index in [0.717, 1.165) is 13.0 Å². The van der Waals surface area contributed by atoms with Gasteiger partial charge in [-0.25, -0.2) is 9.78 Å². The van der Waals surface area contributed by atoms with Crippen molar-refractivity contribution in [2.45, 2.75) is 39.5 Å². The first-order valence-electron chi connectivity index (χ1n) is 8.47. The van der Waals surface area contributed by atoms with E-state index in [1.54, 1.807) is 0 Å². The third-order valence-corrected chi connectivity index (χ3v) is 2.80. The highest BCUT2D eigenvalue weighted by Gasteiger charge is 1.94. The van der Waals surface area contributed by atoms with Crippen molar-refractivity contribution in [3.8, 4) is 0 Å². The van der Waals surface area contributed by atoms with Gasteiger partial charge in [0.15, 0.2) is 0 Å². The quantitative estimate of drug-likeness (QED) is 0.207. The molecule has 0 aliphatic heterocycles. The lowest BCUT2D eigenvalue weighted by Gasteiger charge is -2.07. The number of unbranched alkanes of at least 4 members (excludes halogenated alkanes) is 3. The van der Waals surface area contributed by atoms with E-state index in [1.807, 2.05) is 6.92 Å². The second-order valence-corrected chi connectivity index (χ2v) is 4.74. The van der Waals surface area contributed by atoms with E-state index >= 15 is 0 Å². The first kappa shape index (κ1) is 21.8. The van der Waals surface area contributed by atoms with Crippen LogP contribution in [0.2, 0.25) is 0 Å². The molecule has 0 spiro atoms. The molecule has 0 N–H and O–H groups in total. The van der Waals surface area contributed by atoms with Crippen LogP contribution in [0.15, 0.2) is 0 Å². The maximum atomic E-state index is 5.36. The van der Waals surface area contributed by atoms with E-state index < -0.39 is 0 Å². The van der Waals surface area contributed by atoms with Crippen LogP contribution >= 0.6 is 0 Å². The Hall–Kier alpha value is -0.240. The van der Waals surface area contributed by atoms with Crippen LogP contribution in [-0.2, 0) is 28.7 Å². The van der Waals surface area contributed by atoms with E-state index in [4.69, 9.17) is 28.7 Å². The third kappa shape index (κ3) is 19.8. The van der Waals surface area contributed by atoms with Gasteiger partial charge in [0.05, 0.1) is 52.9 Å². The molecule has 0 unspecified atom stereocenters. The minimum Gasteiger partial charge on any atom is -0.379 e. The zero-order valence-corrected chi connectivity index (χ0v) is 14.3. The molecule has 0 saturated carbocycles. The molecule has 0 heterocycles. The van der Waals surface area contributed by atoms with Gasteiger partial charge in [-0.3, -0.25) is 0 Å². The normalized spacial score (nSPS) is 11.2. The molecule has 0 saturated heterocycles. The Bertz CT molecular complexity index is 171. The fourth-order valence-electron chi connectivity index (χ4n) is 1.60. The second-order valence-electron chi connectivity index (χ2n) is 4.74. The molecule has 6 heteroatoms. The summed E-state index contributed by atoms with van der Waals surface area (Å²) < 4.78 is 21.2. The molecule has 0 atom stereocenters. The minimum atomic E-state index is 0.453. The summed E-state index contributed by atoms with van der Waals surface area (Å²) in [6.07, 6.45) is 4.73. The Morgan fingerprint density at radius 2 is 0.955 bits per heavy atom. The lowest BCUT2D eigenvalue weighted by atomic mass is 10.2. The maximum Gasteiger partial charge on any atom is 0.106 e. The van der Waals surface area contributed by atoms with Crippen LogP contribution in [0, 0.1) is 0 Å². The Morgan fingerprint density at radius 1 is 0.455 bits per heavy atom. The van der Waals surface area contributed by atoms with Gasteiger partial charge in [-0.05, 0) is 13.3 Å². The van der Waals surface area contributed by atoms with E-state index in [9.17, 15) is 0 Å². The fraction of sp³-hybridized carbons (Fsp3) is 1.00. The molecule has 0 radical (unpaired) electrons. The average molecular weight is 322 g/mol. The van der Waals surface area contributed by atoms with Gasteiger partial charge in [0.25, 0.3) is 0 Å². The standard InChI is InChI=1S/C16H34O6/c1-3-5-6-7-8-21-22-16-15-20-14-13-19-12-11-18-10-9-17-4-2/h3-16H2,1-2H3. The molecular formula is C16H34O6. The predicted molar refractivity (Wildman–Crippen MR) is 85.0 cm³/mol. The molecule has 0 aliphatic carbocycles. The van der Waals surface area contributed by atoms with Crippen molar-refractivity contribution in [3.63, 3.8) is 0 Å². The minimum absolute atomic E-state index is 0.453. The summed E-state index contributed by atoms with van der Waals surface area (Å²) in [6, 6.07) is 0. The van der Waals surface area contributed by atoms with E-state index in [-0.39, 0.29) is 0 Å². The highest BCUT2D eigenvalue weighted by atomic mass is 17.2. The first-order valence-corrected chi connectivity index (χ1v) is 8.47. The zero-order chi connectivity index (χ0) is 16.1. The maximum absolute atomic E-state index is 5.36. The summed E-state index contributed by atoms with van der Waals surface area (Å²) in [5.41, 5.74) is 0. The van der Waals surface area contributed by atoms with E-state index in [1.165, 1.54) is 19.3 Å². The van der Waals surface area contributed by atoms with Gasteiger partial charge in [0.2, 0.25) is 0 Å². The topological polar surface area (TPSA) is 55.4 Å². The SMILES string of the molecule is CCCCCCOOCCOCCOCCOCCOCC. The Kier molecular flexibility index (Phi) is 20.5. The summed E-state index contributed by atoms with van der Waals surface area (Å²) in [6.45, 7) is 10.0. The smallest absolute Gasteiger partial charge is 0.106 e. The molecule has 6 nitrogen and oxygen atoms in total. The van der Waals surface area contributed by atoms with Gasteiger partial charge in [0, 0.05) is 6.61 Å². The Balaban J connectivity index is 2.91. The molecule has 0 rings (SSSR count). The van der Waals surface area contributed by atoms with Crippen LogP contribution < -0.4 is 0 Å². The molecular weight excluding hydrogens is 288 g/mol. The molecule has 0 fully saturated rings. The van der Waals surface area contributed by atoms with Gasteiger partial charge in [0.1, 0.15) is 6.61 Å². The lowest BCUT2D eigenvalue weighted by molar-refractivity contribution is -0.299. The molecule has 0 aliphatic rings. The summed E-state index contributed by atoms with van der Waals surface area (Å²) >= 11 is 0. The van der Waals surface area contributed by atoms with Crippen LogP contribution in [0.1, 0.15) is 39.5 Å². The van der Waals surface area contributed by atoms with Crippen molar-refractivity contribution in [2.75, 3.05) is 66.1 Å². The molecule has 0 aromatic carbocycles. The molecule has 0 aromatic heterocycles. The monoisotopic (exact) mass is 322 g/mol. The summed E-state index contributed by atoms with van der Waals surface area (Å²) in [5, 5.41) is 0. The number of rotatable bonds is 19. The largest absolute Gasteiger partial charge is 0.379 e. The van der Waals surface area contributed by atoms with Crippen molar-refractivity contribution in [2.24, 2.45) is 0 Å². The Morgan fingerprint density at radius 3 is 1.50 bits per heavy atom. The van der Waals surface area contributed by atoms with Crippen molar-refractivity contribution < 1.29 is 28.7 Å². The molecule has 134 valence electrons. The molecule has 0 aromatic rings. The van der Waals surface area contributed by atoms with Gasteiger partial charge in [-0.2, -0.15) is 0 Å². The highest BCUT2D eigenvalue weighted by molar-refractivity contribution is 4.37. The molecule has 0 amide bonds. The number of hydrogen-bond acceptors (Lipinski definition) is 6. The fourth-order valence-corrected chi connectivity index (χ4v) is 1.60. The second kappa shape index (κ2) is 20.8. The van der Waals surface area contributed by atoms with Gasteiger partial charge in [-0.1, -0.05) is 26.2 Å². The third-order valence-electron chi connectivity index (χ3n) is 2.80. The summed E-state index contributed by atoms with van der Waals surface area (Å²) in [5.74, 6) is 0. The van der Waals surface area contributed by atoms with Gasteiger partial charge in [-0.15, -0.1) is 0 Å². The van der Waals surface area contributed by atoms with Crippen molar-refractivity contribution >= 4 is 0 Å². The Labute approximate surface area is 135 Å². The molecule has 22 heavy (non-hydrogen) atoms. The first-order chi connectivity index (χ1) is 10.9. The van der Waals surface area contributed by atoms with Crippen LogP contribution in [-0.4, -0.2) is 66.1 Å². The lowest BCUT2D eigenvalue weighted by Crippen LogP contribution is -2.13. The van der Waals surface area contributed by atoms with Crippen LogP contribution in [0.5, 0.6) is 0 Å². The van der Waals surface area contributed by atoms with Gasteiger partial charge >= 0.3 is 0 Å². The van der Waals surface area contributed by atoms with Crippen LogP contribution in [0.3, 0.4) is 0 Å². The predicted octanol–water partition coefficient (Wildman–Crippen LogP) is 2.60. The summed E-state index contributed by atoms with van der Waals surface area (Å²) in [7, 11) is 0. The van der Waals surface area contributed by atoms with Gasteiger partial charge < -0.3 is 18.9 Å². The van der Waals surface area contributed by atoms with Crippen molar-refractivity contribution in [1.82, 2.24) is 0 Å². The van der Waals surface area contributed by atoms with Crippen LogP contribution in [0.4, 0.5) is 0 Å². The van der Waals surface area contributed by atoms with Crippen molar-refractivity contribution in [3.05, 3.63) is 0 Å². The van der Waals surface area contributed by atoms with E-state index in [0.29, 0.717) is 59.5 Å². The van der Waals surface area contributed by atoms with Crippen molar-refractivity contribution in [1.29, 1.82) is 0 Å². The number of ether oxygens (including phenoxy) is 4. The van der Waals surface area contributed by atoms with E-state index in [2.05, 4.69) is 6.92 Å². The summed E-state index contributed by atoms with van der Waals surface area (Å²) in [4.78, 5) is 10.1.